The number of benzene rings is 3. The molecule has 0 unspecified atom stereocenters. The van der Waals surface area contributed by atoms with Crippen molar-refractivity contribution in [2.24, 2.45) is 0 Å². The number of esters is 1. The molecule has 0 saturated carbocycles. The van der Waals surface area contributed by atoms with Crippen LogP contribution in [0.3, 0.4) is 0 Å². The lowest BCUT2D eigenvalue weighted by molar-refractivity contribution is -0.134. The summed E-state index contributed by atoms with van der Waals surface area (Å²) in [6.07, 6.45) is 2.80. The highest BCUT2D eigenvalue weighted by Gasteiger charge is 2.14. The fourth-order valence-electron chi connectivity index (χ4n) is 3.50. The van der Waals surface area contributed by atoms with Crippen LogP contribution < -0.4 is 14.2 Å². The summed E-state index contributed by atoms with van der Waals surface area (Å²) in [6, 6.07) is 20.0. The summed E-state index contributed by atoms with van der Waals surface area (Å²) in [4.78, 5) is 25.1. The molecule has 0 heterocycles. The van der Waals surface area contributed by atoms with Crippen LogP contribution in [0.25, 0.3) is 0 Å². The van der Waals surface area contributed by atoms with E-state index in [1.54, 1.807) is 30.3 Å². The number of unbranched alkanes of at least 4 members (excludes halogenated alkanes) is 1. The molecule has 0 bridgehead atoms. The van der Waals surface area contributed by atoms with Crippen molar-refractivity contribution < 1.29 is 23.8 Å². The van der Waals surface area contributed by atoms with Crippen molar-refractivity contribution in [3.8, 4) is 17.2 Å². The van der Waals surface area contributed by atoms with E-state index < -0.39 is 0 Å². The Morgan fingerprint density at radius 3 is 2.26 bits per heavy atom. The van der Waals surface area contributed by atoms with Crippen LogP contribution in [0.1, 0.15) is 60.2 Å². The van der Waals surface area contributed by atoms with Crippen LogP contribution in [0, 0.1) is 6.92 Å². The molecular weight excluding hydrogens is 428 g/mol. The molecule has 0 radical (unpaired) electrons. The molecule has 3 rings (SSSR count). The van der Waals surface area contributed by atoms with Gasteiger partial charge in [-0.2, -0.15) is 0 Å². The molecule has 178 valence electrons. The largest absolute Gasteiger partial charge is 0.490 e. The first-order valence-electron chi connectivity index (χ1n) is 11.8. The maximum atomic E-state index is 12.6. The number of ketones is 1. The lowest BCUT2D eigenvalue weighted by Gasteiger charge is -2.13. The van der Waals surface area contributed by atoms with Gasteiger partial charge in [-0.05, 0) is 68.1 Å². The third-order valence-corrected chi connectivity index (χ3v) is 5.38. The van der Waals surface area contributed by atoms with Gasteiger partial charge in [-0.3, -0.25) is 9.59 Å². The second kappa shape index (κ2) is 12.6. The Labute approximate surface area is 201 Å². The standard InChI is InChI=1S/C29H32O5/c1-4-6-18-33-26-15-12-22(20-27(26)32-5-2)13-17-28(30)34-25-16-14-24(19-21(25)3)29(31)23-10-8-7-9-11-23/h7-12,14-16,19-20H,4-6,13,17-18H2,1-3H3. The van der Waals surface area contributed by atoms with E-state index in [9.17, 15) is 9.59 Å². The minimum atomic E-state index is -0.327. The van der Waals surface area contributed by atoms with Gasteiger partial charge in [-0.25, -0.2) is 0 Å². The molecule has 5 heteroatoms. The second-order valence-electron chi connectivity index (χ2n) is 8.07. The molecule has 34 heavy (non-hydrogen) atoms. The Hall–Kier alpha value is -3.60. The van der Waals surface area contributed by atoms with Gasteiger partial charge in [0.05, 0.1) is 13.2 Å². The van der Waals surface area contributed by atoms with Crippen LogP contribution in [0.4, 0.5) is 0 Å². The summed E-state index contributed by atoms with van der Waals surface area (Å²) in [7, 11) is 0. The van der Waals surface area contributed by atoms with Crippen molar-refractivity contribution in [2.45, 2.75) is 46.5 Å². The predicted molar refractivity (Wildman–Crippen MR) is 133 cm³/mol. The number of ether oxygens (including phenoxy) is 3. The monoisotopic (exact) mass is 460 g/mol. The molecule has 5 nitrogen and oxygen atoms in total. The Bertz CT molecular complexity index is 1100. The van der Waals surface area contributed by atoms with E-state index in [-0.39, 0.29) is 18.2 Å². The molecule has 0 aromatic heterocycles. The predicted octanol–water partition coefficient (Wildman–Crippen LogP) is 6.34. The van der Waals surface area contributed by atoms with Crippen LogP contribution >= 0.6 is 0 Å². The summed E-state index contributed by atoms with van der Waals surface area (Å²) >= 11 is 0. The smallest absolute Gasteiger partial charge is 0.311 e. The van der Waals surface area contributed by atoms with Crippen LogP contribution in [-0.4, -0.2) is 25.0 Å². The van der Waals surface area contributed by atoms with Crippen molar-refractivity contribution in [1.29, 1.82) is 0 Å². The first-order chi connectivity index (χ1) is 16.5. The molecule has 0 N–H and O–H groups in total. The molecule has 0 atom stereocenters. The van der Waals surface area contributed by atoms with E-state index in [1.807, 2.05) is 50.2 Å². The minimum Gasteiger partial charge on any atom is -0.490 e. The molecule has 0 aliphatic heterocycles. The fourth-order valence-corrected chi connectivity index (χ4v) is 3.50. The van der Waals surface area contributed by atoms with E-state index >= 15 is 0 Å². The maximum Gasteiger partial charge on any atom is 0.311 e. The molecular formula is C29H32O5. The van der Waals surface area contributed by atoms with Gasteiger partial charge in [-0.15, -0.1) is 0 Å². The lowest BCUT2D eigenvalue weighted by Crippen LogP contribution is -2.10. The summed E-state index contributed by atoms with van der Waals surface area (Å²) in [5, 5.41) is 0. The van der Waals surface area contributed by atoms with Crippen molar-refractivity contribution in [1.82, 2.24) is 0 Å². The third kappa shape index (κ3) is 6.95. The summed E-state index contributed by atoms with van der Waals surface area (Å²) in [6.45, 7) is 7.07. The maximum absolute atomic E-state index is 12.6. The second-order valence-corrected chi connectivity index (χ2v) is 8.07. The average molecular weight is 461 g/mol. The third-order valence-electron chi connectivity index (χ3n) is 5.38. The van der Waals surface area contributed by atoms with Crippen LogP contribution in [0.15, 0.2) is 66.7 Å². The first-order valence-corrected chi connectivity index (χ1v) is 11.8. The zero-order valence-corrected chi connectivity index (χ0v) is 20.1. The topological polar surface area (TPSA) is 61.8 Å². The van der Waals surface area contributed by atoms with Crippen LogP contribution in [-0.2, 0) is 11.2 Å². The number of carbonyl (C=O) groups is 2. The number of hydrogen-bond acceptors (Lipinski definition) is 5. The van der Waals surface area contributed by atoms with Gasteiger partial charge >= 0.3 is 5.97 Å². The molecule has 0 amide bonds. The Morgan fingerprint density at radius 2 is 1.56 bits per heavy atom. The number of aryl methyl sites for hydroxylation is 2. The van der Waals surface area contributed by atoms with Gasteiger partial charge in [0.15, 0.2) is 17.3 Å². The van der Waals surface area contributed by atoms with Crippen LogP contribution in [0.5, 0.6) is 17.2 Å². The highest BCUT2D eigenvalue weighted by atomic mass is 16.5. The van der Waals surface area contributed by atoms with Gasteiger partial charge in [0, 0.05) is 17.5 Å². The normalized spacial score (nSPS) is 10.6. The Kier molecular flexibility index (Phi) is 9.27. The molecule has 3 aromatic carbocycles. The fraction of sp³-hybridized carbons (Fsp3) is 0.310. The van der Waals surface area contributed by atoms with E-state index in [0.717, 1.165) is 29.7 Å². The van der Waals surface area contributed by atoms with E-state index in [2.05, 4.69) is 6.92 Å². The van der Waals surface area contributed by atoms with E-state index in [1.165, 1.54) is 0 Å². The zero-order chi connectivity index (χ0) is 24.3. The summed E-state index contributed by atoms with van der Waals surface area (Å²) < 4.78 is 17.1. The minimum absolute atomic E-state index is 0.0613. The molecule has 0 spiro atoms. The molecule has 0 aliphatic carbocycles. The number of hydrogen-bond donors (Lipinski definition) is 0. The highest BCUT2D eigenvalue weighted by molar-refractivity contribution is 6.09. The van der Waals surface area contributed by atoms with Gasteiger partial charge in [0.1, 0.15) is 5.75 Å². The van der Waals surface area contributed by atoms with Gasteiger partial charge in [0.2, 0.25) is 0 Å². The van der Waals surface area contributed by atoms with Crippen LogP contribution in [0.2, 0.25) is 0 Å². The summed E-state index contributed by atoms with van der Waals surface area (Å²) in [5.74, 6) is 1.49. The molecule has 0 fully saturated rings. The van der Waals surface area contributed by atoms with Gasteiger partial charge in [0.25, 0.3) is 0 Å². The Morgan fingerprint density at radius 1 is 0.794 bits per heavy atom. The molecule has 3 aromatic rings. The SMILES string of the molecule is CCCCOc1ccc(CCC(=O)Oc2ccc(C(=O)c3ccccc3)cc2C)cc1OCC. The average Bonchev–Trinajstić information content (AvgIpc) is 2.85. The number of carbonyl (C=O) groups excluding carboxylic acids is 2. The lowest BCUT2D eigenvalue weighted by atomic mass is 10.0. The quantitative estimate of drug-likeness (QED) is 0.137. The van der Waals surface area contributed by atoms with Crippen molar-refractivity contribution >= 4 is 11.8 Å². The highest BCUT2D eigenvalue weighted by Crippen LogP contribution is 2.29. The van der Waals surface area contributed by atoms with E-state index in [4.69, 9.17) is 14.2 Å². The number of rotatable bonds is 12. The van der Waals surface area contributed by atoms with Crippen molar-refractivity contribution in [3.05, 3.63) is 89.0 Å². The van der Waals surface area contributed by atoms with Gasteiger partial charge in [-0.1, -0.05) is 49.7 Å². The zero-order valence-electron chi connectivity index (χ0n) is 20.1. The van der Waals surface area contributed by atoms with E-state index in [0.29, 0.717) is 42.3 Å². The Balaban J connectivity index is 1.59. The van der Waals surface area contributed by atoms with Crippen molar-refractivity contribution in [2.75, 3.05) is 13.2 Å². The molecule has 0 aliphatic rings. The van der Waals surface area contributed by atoms with Crippen molar-refractivity contribution in [3.63, 3.8) is 0 Å². The molecule has 0 saturated heterocycles. The first kappa shape index (κ1) is 25.0. The van der Waals surface area contributed by atoms with Gasteiger partial charge < -0.3 is 14.2 Å². The summed E-state index contributed by atoms with van der Waals surface area (Å²) in [5.41, 5.74) is 2.90.